The lowest BCUT2D eigenvalue weighted by Crippen LogP contribution is -2.35. The molecule has 0 fully saturated rings. The summed E-state index contributed by atoms with van der Waals surface area (Å²) in [5, 5.41) is 2.47. The summed E-state index contributed by atoms with van der Waals surface area (Å²) in [5.74, 6) is -3.42. The Balaban J connectivity index is 1.94. The van der Waals surface area contributed by atoms with Crippen molar-refractivity contribution in [2.24, 2.45) is 0 Å². The number of carbonyl (C=O) groups excluding carboxylic acids is 2. The molecule has 0 aliphatic heterocycles. The molecule has 7 heteroatoms. The summed E-state index contributed by atoms with van der Waals surface area (Å²) >= 11 is 0. The summed E-state index contributed by atoms with van der Waals surface area (Å²) in [6, 6.07) is 6.31. The minimum absolute atomic E-state index is 0.113. The molecule has 1 atom stereocenters. The molecular weight excluding hydrogens is 296 g/mol. The van der Waals surface area contributed by atoms with Crippen molar-refractivity contribution in [1.29, 1.82) is 0 Å². The van der Waals surface area contributed by atoms with Gasteiger partial charge in [0.25, 0.3) is 5.91 Å². The third kappa shape index (κ3) is 3.69. The van der Waals surface area contributed by atoms with E-state index in [9.17, 15) is 18.4 Å². The zero-order valence-electron chi connectivity index (χ0n) is 11.6. The van der Waals surface area contributed by atoms with Crippen molar-refractivity contribution >= 4 is 11.9 Å². The molecule has 0 spiro atoms. The quantitative estimate of drug-likeness (QED) is 0.861. The predicted octanol–water partition coefficient (Wildman–Crippen LogP) is 2.42. The highest BCUT2D eigenvalue weighted by molar-refractivity contribution is 5.92. The minimum Gasteiger partial charge on any atom is -0.467 e. The molecule has 0 aliphatic carbocycles. The molecular formula is C15H13F2NO4. The molecule has 1 heterocycles. The highest BCUT2D eigenvalue weighted by Gasteiger charge is 2.23. The van der Waals surface area contributed by atoms with E-state index in [1.807, 2.05) is 0 Å². The standard InChI is InChI=1S/C15H13F2NO4/c1-9(14(19)18-8-10-4-3-7-21-10)22-15(20)13-11(16)5-2-6-12(13)17/h2-7,9H,8H2,1H3,(H,18,19). The summed E-state index contributed by atoms with van der Waals surface area (Å²) in [6.45, 7) is 1.41. The molecule has 0 saturated carbocycles. The van der Waals surface area contributed by atoms with Crippen LogP contribution in [0.3, 0.4) is 0 Å². The first kappa shape index (κ1) is 15.7. The second kappa shape index (κ2) is 6.84. The van der Waals surface area contributed by atoms with Crippen molar-refractivity contribution in [2.75, 3.05) is 0 Å². The summed E-state index contributed by atoms with van der Waals surface area (Å²) in [5.41, 5.74) is -0.826. The van der Waals surface area contributed by atoms with Crippen LogP contribution >= 0.6 is 0 Å². The van der Waals surface area contributed by atoms with Crippen LogP contribution in [0.1, 0.15) is 23.0 Å². The number of ether oxygens (including phenoxy) is 1. The van der Waals surface area contributed by atoms with Crippen LogP contribution in [0.4, 0.5) is 8.78 Å². The molecule has 0 aliphatic rings. The van der Waals surface area contributed by atoms with E-state index in [0.29, 0.717) is 5.76 Å². The number of esters is 1. The number of nitrogens with one attached hydrogen (secondary N) is 1. The highest BCUT2D eigenvalue weighted by Crippen LogP contribution is 2.14. The van der Waals surface area contributed by atoms with E-state index in [1.54, 1.807) is 12.1 Å². The first-order valence-corrected chi connectivity index (χ1v) is 6.44. The number of hydrogen-bond acceptors (Lipinski definition) is 4. The second-order valence-corrected chi connectivity index (χ2v) is 4.44. The summed E-state index contributed by atoms with van der Waals surface area (Å²) in [6.07, 6.45) is 0.243. The van der Waals surface area contributed by atoms with Gasteiger partial charge in [-0.05, 0) is 31.2 Å². The minimum atomic E-state index is -1.24. The highest BCUT2D eigenvalue weighted by atomic mass is 19.1. The van der Waals surface area contributed by atoms with Crippen molar-refractivity contribution in [3.8, 4) is 0 Å². The number of benzene rings is 1. The number of hydrogen-bond donors (Lipinski definition) is 1. The number of halogens is 2. The van der Waals surface area contributed by atoms with E-state index in [-0.39, 0.29) is 6.54 Å². The van der Waals surface area contributed by atoms with Crippen LogP contribution in [0.2, 0.25) is 0 Å². The van der Waals surface area contributed by atoms with E-state index in [1.165, 1.54) is 13.2 Å². The predicted molar refractivity (Wildman–Crippen MR) is 71.8 cm³/mol. The van der Waals surface area contributed by atoms with Gasteiger partial charge in [-0.25, -0.2) is 13.6 Å². The number of furan rings is 1. The molecule has 0 bridgehead atoms. The Morgan fingerprint density at radius 2 is 1.91 bits per heavy atom. The van der Waals surface area contributed by atoms with Crippen molar-refractivity contribution in [3.05, 3.63) is 59.6 Å². The van der Waals surface area contributed by atoms with Crippen LogP contribution in [0.25, 0.3) is 0 Å². The van der Waals surface area contributed by atoms with Crippen molar-refractivity contribution in [2.45, 2.75) is 19.6 Å². The van der Waals surface area contributed by atoms with E-state index < -0.39 is 35.2 Å². The van der Waals surface area contributed by atoms with E-state index >= 15 is 0 Å². The van der Waals surface area contributed by atoms with Crippen molar-refractivity contribution in [3.63, 3.8) is 0 Å². The van der Waals surface area contributed by atoms with Gasteiger partial charge in [-0.2, -0.15) is 0 Å². The Morgan fingerprint density at radius 1 is 1.23 bits per heavy atom. The molecule has 22 heavy (non-hydrogen) atoms. The average molecular weight is 309 g/mol. The molecule has 1 aromatic carbocycles. The Hall–Kier alpha value is -2.70. The third-order valence-electron chi connectivity index (χ3n) is 2.84. The van der Waals surface area contributed by atoms with Gasteiger partial charge in [0.15, 0.2) is 6.10 Å². The van der Waals surface area contributed by atoms with Gasteiger partial charge >= 0.3 is 5.97 Å². The van der Waals surface area contributed by atoms with Crippen LogP contribution < -0.4 is 5.32 Å². The van der Waals surface area contributed by atoms with Crippen LogP contribution in [0, 0.1) is 11.6 Å². The molecule has 1 amide bonds. The number of rotatable bonds is 5. The maximum Gasteiger partial charge on any atom is 0.344 e. The zero-order valence-corrected chi connectivity index (χ0v) is 11.6. The van der Waals surface area contributed by atoms with Crippen molar-refractivity contribution < 1.29 is 27.5 Å². The molecule has 0 saturated heterocycles. The number of amides is 1. The van der Waals surface area contributed by atoms with Gasteiger partial charge in [0.05, 0.1) is 12.8 Å². The van der Waals surface area contributed by atoms with E-state index in [4.69, 9.17) is 9.15 Å². The molecule has 2 aromatic rings. The SMILES string of the molecule is CC(OC(=O)c1c(F)cccc1F)C(=O)NCc1ccco1. The summed E-state index contributed by atoms with van der Waals surface area (Å²) in [7, 11) is 0. The lowest BCUT2D eigenvalue weighted by Gasteiger charge is -2.13. The Bertz CT molecular complexity index is 650. The van der Waals surface area contributed by atoms with Crippen molar-refractivity contribution in [1.82, 2.24) is 5.32 Å². The first-order chi connectivity index (χ1) is 10.5. The Labute approximate surface area is 124 Å². The normalized spacial score (nSPS) is 11.8. The van der Waals surface area contributed by atoms with Crippen LogP contribution in [-0.4, -0.2) is 18.0 Å². The molecule has 116 valence electrons. The Kier molecular flexibility index (Phi) is 4.88. The first-order valence-electron chi connectivity index (χ1n) is 6.44. The summed E-state index contributed by atoms with van der Waals surface area (Å²) in [4.78, 5) is 23.5. The number of carbonyl (C=O) groups is 2. The fourth-order valence-electron chi connectivity index (χ4n) is 1.70. The molecule has 1 N–H and O–H groups in total. The average Bonchev–Trinajstić information content (AvgIpc) is 2.97. The topological polar surface area (TPSA) is 68.5 Å². The maximum atomic E-state index is 13.4. The van der Waals surface area contributed by atoms with Gasteiger partial charge in [-0.15, -0.1) is 0 Å². The third-order valence-corrected chi connectivity index (χ3v) is 2.84. The fourth-order valence-corrected chi connectivity index (χ4v) is 1.70. The molecule has 2 rings (SSSR count). The lowest BCUT2D eigenvalue weighted by atomic mass is 10.2. The maximum absolute atomic E-state index is 13.4. The van der Waals surface area contributed by atoms with Gasteiger partial charge in [-0.1, -0.05) is 6.07 Å². The second-order valence-electron chi connectivity index (χ2n) is 4.44. The van der Waals surface area contributed by atoms with Crippen LogP contribution in [0.15, 0.2) is 41.0 Å². The molecule has 0 radical (unpaired) electrons. The van der Waals surface area contributed by atoms with Crippen LogP contribution in [0.5, 0.6) is 0 Å². The Morgan fingerprint density at radius 3 is 2.50 bits per heavy atom. The van der Waals surface area contributed by atoms with Gasteiger partial charge < -0.3 is 14.5 Å². The molecule has 5 nitrogen and oxygen atoms in total. The van der Waals surface area contributed by atoms with Crippen LogP contribution in [-0.2, 0) is 16.1 Å². The largest absolute Gasteiger partial charge is 0.467 e. The van der Waals surface area contributed by atoms with E-state index in [2.05, 4.69) is 5.32 Å². The lowest BCUT2D eigenvalue weighted by molar-refractivity contribution is -0.129. The summed E-state index contributed by atoms with van der Waals surface area (Å²) < 4.78 is 36.7. The fraction of sp³-hybridized carbons (Fsp3) is 0.200. The smallest absolute Gasteiger partial charge is 0.344 e. The van der Waals surface area contributed by atoms with Gasteiger partial charge in [0.1, 0.15) is 23.0 Å². The molecule has 1 unspecified atom stereocenters. The van der Waals surface area contributed by atoms with Gasteiger partial charge in [0.2, 0.25) is 0 Å². The zero-order chi connectivity index (χ0) is 16.1. The molecule has 1 aromatic heterocycles. The van der Waals surface area contributed by atoms with E-state index in [0.717, 1.165) is 18.2 Å². The monoisotopic (exact) mass is 309 g/mol. The van der Waals surface area contributed by atoms with Gasteiger partial charge in [-0.3, -0.25) is 4.79 Å². The van der Waals surface area contributed by atoms with Gasteiger partial charge in [0, 0.05) is 0 Å².